The molecule has 1 N–H and O–H groups in total. The molecule has 10 nitrogen and oxygen atoms in total. The van der Waals surface area contributed by atoms with Gasteiger partial charge in [-0.05, 0) is 80.3 Å². The molecule has 6 rings (SSSR count). The van der Waals surface area contributed by atoms with E-state index in [0.717, 1.165) is 34.9 Å². The van der Waals surface area contributed by atoms with E-state index in [4.69, 9.17) is 0 Å². The summed E-state index contributed by atoms with van der Waals surface area (Å²) in [7, 11) is 0. The highest BCUT2D eigenvalue weighted by molar-refractivity contribution is 6.07. The highest BCUT2D eigenvalue weighted by atomic mass is 19.4. The van der Waals surface area contributed by atoms with Crippen molar-refractivity contribution in [3.8, 4) is 11.1 Å². The van der Waals surface area contributed by atoms with E-state index < -0.39 is 29.6 Å². The lowest BCUT2D eigenvalue weighted by molar-refractivity contribution is -0.141. The fraction of sp³-hybridized carbons (Fsp3) is 0.417. The van der Waals surface area contributed by atoms with E-state index in [0.29, 0.717) is 35.0 Å². The molecule has 49 heavy (non-hydrogen) atoms. The fourth-order valence-corrected chi connectivity index (χ4v) is 7.30. The quantitative estimate of drug-likeness (QED) is 0.173. The first kappa shape index (κ1) is 33.9. The maximum Gasteiger partial charge on any atom is 0.433 e. The van der Waals surface area contributed by atoms with Gasteiger partial charge < -0.3 is 5.32 Å². The minimum atomic E-state index is -4.68. The van der Waals surface area contributed by atoms with E-state index in [9.17, 15) is 27.6 Å². The number of rotatable bonds is 8. The summed E-state index contributed by atoms with van der Waals surface area (Å²) in [5.41, 5.74) is 4.07. The minimum absolute atomic E-state index is 0.120. The first-order valence-corrected chi connectivity index (χ1v) is 16.4. The number of aryl methyl sites for hydroxylation is 3. The molecule has 4 heterocycles. The third-order valence-corrected chi connectivity index (χ3v) is 9.77. The number of hydrogen-bond donors (Lipinski definition) is 1. The molecule has 256 valence electrons. The Hall–Kier alpha value is -4.94. The van der Waals surface area contributed by atoms with E-state index in [-0.39, 0.29) is 41.5 Å². The average Bonchev–Trinajstić information content (AvgIpc) is 3.60. The molecule has 0 bridgehead atoms. The molecule has 3 unspecified atom stereocenters. The number of carbonyl (C=O) groups is 3. The number of anilines is 1. The van der Waals surface area contributed by atoms with Crippen molar-refractivity contribution in [1.29, 1.82) is 0 Å². The van der Waals surface area contributed by atoms with Crippen LogP contribution in [0.4, 0.5) is 19.0 Å². The molecular formula is C36H38F3N7O3. The van der Waals surface area contributed by atoms with Crippen molar-refractivity contribution in [2.45, 2.75) is 73.5 Å². The van der Waals surface area contributed by atoms with Gasteiger partial charge in [-0.3, -0.25) is 19.1 Å². The Morgan fingerprint density at radius 3 is 2.43 bits per heavy atom. The van der Waals surface area contributed by atoms with Gasteiger partial charge in [0.15, 0.2) is 17.2 Å². The number of hydrogen-bond acceptors (Lipinski definition) is 7. The number of fused-ring (bicyclic) bond motifs is 2. The highest BCUT2D eigenvalue weighted by Crippen LogP contribution is 2.42. The number of amides is 1. The van der Waals surface area contributed by atoms with Crippen LogP contribution in [0.5, 0.6) is 0 Å². The van der Waals surface area contributed by atoms with Crippen LogP contribution in [0.25, 0.3) is 27.7 Å². The maximum atomic E-state index is 14.3. The SMILES string of the molecule is CCC1CCC(C)[C@@H](C(=O)Nc2nc(C(F)(F)F)ccc2C)C1C(=O)Cn1nc(C(C)=O)c2cc(-c3cnc4cc(C)nn4c3)cc(C)c21. The molecule has 1 fully saturated rings. The number of nitrogens with zero attached hydrogens (tertiary/aromatic N) is 6. The molecule has 0 radical (unpaired) electrons. The molecule has 1 amide bonds. The Labute approximate surface area is 281 Å². The van der Waals surface area contributed by atoms with E-state index in [2.05, 4.69) is 25.5 Å². The lowest BCUT2D eigenvalue weighted by Gasteiger charge is -2.40. The van der Waals surface area contributed by atoms with Crippen molar-refractivity contribution in [3.63, 3.8) is 0 Å². The molecule has 1 aliphatic rings. The van der Waals surface area contributed by atoms with Gasteiger partial charge in [-0.15, -0.1) is 0 Å². The van der Waals surface area contributed by atoms with E-state index in [1.54, 1.807) is 22.3 Å². The van der Waals surface area contributed by atoms with Crippen LogP contribution in [0, 0.1) is 44.4 Å². The van der Waals surface area contributed by atoms with Gasteiger partial charge in [-0.1, -0.05) is 26.3 Å². The normalized spacial score (nSPS) is 19.8. The summed E-state index contributed by atoms with van der Waals surface area (Å²) in [6.45, 7) is 10.5. The first-order valence-electron chi connectivity index (χ1n) is 16.4. The first-order chi connectivity index (χ1) is 23.2. The Kier molecular flexibility index (Phi) is 8.89. The zero-order valence-electron chi connectivity index (χ0n) is 28.2. The summed E-state index contributed by atoms with van der Waals surface area (Å²) in [5.74, 6) is -3.03. The zero-order valence-corrected chi connectivity index (χ0v) is 28.2. The van der Waals surface area contributed by atoms with E-state index in [1.807, 2.05) is 52.1 Å². The summed E-state index contributed by atoms with van der Waals surface area (Å²) in [4.78, 5) is 49.3. The molecule has 4 atom stereocenters. The predicted octanol–water partition coefficient (Wildman–Crippen LogP) is 7.18. The van der Waals surface area contributed by atoms with Crippen molar-refractivity contribution >= 4 is 39.8 Å². The summed E-state index contributed by atoms with van der Waals surface area (Å²) >= 11 is 0. The predicted molar refractivity (Wildman–Crippen MR) is 178 cm³/mol. The molecule has 0 spiro atoms. The number of carbonyl (C=O) groups excluding carboxylic acids is 3. The van der Waals surface area contributed by atoms with Crippen molar-refractivity contribution in [3.05, 3.63) is 70.9 Å². The standard InChI is InChI=1S/C36H38F3N7O3/c1-7-23-10-8-18(2)30(35(49)42-34-19(3)9-11-28(41-34)36(37,38)39)31(23)27(48)17-46-33-20(4)12-24(14-26(33)32(44-46)22(6)47)25-15-40-29-13-21(5)43-45(29)16-25/h9,11-16,18,23,30-31H,7-8,10,17H2,1-6H3,(H,41,42,49)/t18?,23?,30-,31?/m1/s1. The van der Waals surface area contributed by atoms with Crippen LogP contribution in [-0.4, -0.2) is 46.8 Å². The van der Waals surface area contributed by atoms with Crippen LogP contribution in [0.15, 0.2) is 42.7 Å². The van der Waals surface area contributed by atoms with Gasteiger partial charge >= 0.3 is 6.18 Å². The van der Waals surface area contributed by atoms with E-state index >= 15 is 0 Å². The van der Waals surface area contributed by atoms with Crippen molar-refractivity contribution < 1.29 is 27.6 Å². The van der Waals surface area contributed by atoms with Crippen LogP contribution in [-0.2, 0) is 22.3 Å². The number of halogens is 3. The maximum absolute atomic E-state index is 14.3. The summed E-state index contributed by atoms with van der Waals surface area (Å²) in [5, 5.41) is 12.3. The second-order valence-electron chi connectivity index (χ2n) is 13.3. The minimum Gasteiger partial charge on any atom is -0.310 e. The topological polar surface area (TPSA) is 124 Å². The Morgan fingerprint density at radius 2 is 1.73 bits per heavy atom. The van der Waals surface area contributed by atoms with Crippen molar-refractivity contribution in [2.75, 3.05) is 5.32 Å². The largest absolute Gasteiger partial charge is 0.433 e. The molecule has 1 aromatic carbocycles. The molecule has 1 saturated carbocycles. The number of nitrogens with one attached hydrogen (secondary N) is 1. The summed E-state index contributed by atoms with van der Waals surface area (Å²) in [6, 6.07) is 7.83. The second-order valence-corrected chi connectivity index (χ2v) is 13.3. The Bertz CT molecular complexity index is 2120. The summed E-state index contributed by atoms with van der Waals surface area (Å²) in [6.07, 6.45) is 1.000. The van der Waals surface area contributed by atoms with Gasteiger partial charge in [0.2, 0.25) is 5.91 Å². The molecular weight excluding hydrogens is 635 g/mol. The number of ketones is 2. The third-order valence-electron chi connectivity index (χ3n) is 9.77. The van der Waals surface area contributed by atoms with Gasteiger partial charge in [0, 0.05) is 42.3 Å². The molecule has 1 aliphatic carbocycles. The van der Waals surface area contributed by atoms with Crippen LogP contribution in [0.2, 0.25) is 0 Å². The van der Waals surface area contributed by atoms with Crippen molar-refractivity contribution in [1.82, 2.24) is 29.4 Å². The van der Waals surface area contributed by atoms with Gasteiger partial charge in [-0.2, -0.15) is 23.4 Å². The highest BCUT2D eigenvalue weighted by Gasteiger charge is 2.45. The van der Waals surface area contributed by atoms with Crippen molar-refractivity contribution in [2.24, 2.45) is 23.7 Å². The number of Topliss-reactive ketones (excluding diaryl/α,β-unsaturated/α-hetero) is 2. The fourth-order valence-electron chi connectivity index (χ4n) is 7.30. The van der Waals surface area contributed by atoms with Crippen LogP contribution in [0.3, 0.4) is 0 Å². The third kappa shape index (κ3) is 6.45. The lowest BCUT2D eigenvalue weighted by Crippen LogP contribution is -2.46. The number of aromatic nitrogens is 6. The molecule has 5 aromatic rings. The van der Waals surface area contributed by atoms with E-state index in [1.165, 1.54) is 13.0 Å². The van der Waals surface area contributed by atoms with Crippen LogP contribution in [0.1, 0.15) is 73.0 Å². The smallest absolute Gasteiger partial charge is 0.310 e. The van der Waals surface area contributed by atoms with Crippen LogP contribution >= 0.6 is 0 Å². The Balaban J connectivity index is 1.35. The molecule has 13 heteroatoms. The van der Waals surface area contributed by atoms with Gasteiger partial charge in [0.1, 0.15) is 23.8 Å². The molecule has 0 saturated heterocycles. The van der Waals surface area contributed by atoms with Gasteiger partial charge in [-0.25, -0.2) is 14.5 Å². The zero-order chi connectivity index (χ0) is 35.4. The second kappa shape index (κ2) is 12.8. The number of benzene rings is 1. The number of alkyl halides is 3. The monoisotopic (exact) mass is 673 g/mol. The van der Waals surface area contributed by atoms with Crippen LogP contribution < -0.4 is 5.32 Å². The summed E-state index contributed by atoms with van der Waals surface area (Å²) < 4.78 is 43.5. The molecule has 4 aromatic heterocycles. The lowest BCUT2D eigenvalue weighted by atomic mass is 9.64. The number of pyridine rings is 1. The van der Waals surface area contributed by atoms with Gasteiger partial charge in [0.05, 0.1) is 17.1 Å². The average molecular weight is 674 g/mol. The Morgan fingerprint density at radius 1 is 0.980 bits per heavy atom. The van der Waals surface area contributed by atoms with Gasteiger partial charge in [0.25, 0.3) is 0 Å². The molecule has 0 aliphatic heterocycles.